The Balaban J connectivity index is 1.70. The molecule has 0 aliphatic carbocycles. The number of unbranched alkanes of at least 4 members (excludes halogenated alkanes) is 3. The van der Waals surface area contributed by atoms with Crippen LogP contribution in [0.3, 0.4) is 0 Å². The largest absolute Gasteiger partial charge is 0.500 e. The lowest BCUT2D eigenvalue weighted by Crippen LogP contribution is -2.42. The first-order valence-corrected chi connectivity index (χ1v) is 10.1. The minimum Gasteiger partial charge on any atom is -0.377 e. The molecule has 0 amide bonds. The molecule has 0 fully saturated rings. The van der Waals surface area contributed by atoms with Crippen LogP contribution in [0.1, 0.15) is 31.2 Å². The number of rotatable bonds is 10. The zero-order valence-electron chi connectivity index (χ0n) is 14.4. The van der Waals surface area contributed by atoms with Crippen LogP contribution in [-0.2, 0) is 19.7 Å². The van der Waals surface area contributed by atoms with Gasteiger partial charge in [0.25, 0.3) is 0 Å². The molecule has 0 saturated heterocycles. The van der Waals surface area contributed by atoms with Crippen molar-refractivity contribution in [2.45, 2.75) is 38.1 Å². The lowest BCUT2D eigenvalue weighted by atomic mass is 10.0. The summed E-state index contributed by atoms with van der Waals surface area (Å²) in [4.78, 5) is 4.15. The maximum Gasteiger partial charge on any atom is 0.500 e. The summed E-state index contributed by atoms with van der Waals surface area (Å²) in [6.07, 6.45) is 9.58. The van der Waals surface area contributed by atoms with Gasteiger partial charge in [-0.05, 0) is 36.3 Å². The molecule has 0 N–H and O–H groups in total. The minimum absolute atomic E-state index is 0.888. The quantitative estimate of drug-likeness (QED) is 0.482. The van der Waals surface area contributed by atoms with Gasteiger partial charge in [-0.1, -0.05) is 31.0 Å². The van der Waals surface area contributed by atoms with Gasteiger partial charge in [-0.3, -0.25) is 4.98 Å². The molecule has 2 rings (SSSR count). The van der Waals surface area contributed by atoms with Crippen molar-refractivity contribution in [3.8, 4) is 0 Å². The average molecular weight is 334 g/mol. The minimum atomic E-state index is -2.38. The van der Waals surface area contributed by atoms with E-state index >= 15 is 0 Å². The zero-order valence-corrected chi connectivity index (χ0v) is 15.4. The normalized spacial score (nSPS) is 12.0. The highest BCUT2D eigenvalue weighted by Crippen LogP contribution is 2.19. The third kappa shape index (κ3) is 5.11. The second kappa shape index (κ2) is 9.13. The van der Waals surface area contributed by atoms with E-state index in [0.717, 1.165) is 18.9 Å². The fraction of sp³-hybridized carbons (Fsp3) is 0.500. The molecule has 126 valence electrons. The fourth-order valence-corrected chi connectivity index (χ4v) is 4.66. The van der Waals surface area contributed by atoms with Crippen LogP contribution < -0.4 is 0 Å². The third-order valence-electron chi connectivity index (χ3n) is 4.34. The van der Waals surface area contributed by atoms with Crippen LogP contribution in [0, 0.1) is 0 Å². The van der Waals surface area contributed by atoms with Crippen molar-refractivity contribution in [1.29, 1.82) is 0 Å². The summed E-state index contributed by atoms with van der Waals surface area (Å²) in [5, 5.41) is 2.48. The first kappa shape index (κ1) is 18.1. The SMILES string of the molecule is CO[Si](CCCCCCc1ccc2cnccc2c1)(OC)OC. The molecule has 0 atom stereocenters. The molecule has 5 heteroatoms. The number of pyridine rings is 1. The Bertz CT molecular complexity index is 593. The number of aromatic nitrogens is 1. The van der Waals surface area contributed by atoms with Gasteiger partial charge in [0.1, 0.15) is 0 Å². The van der Waals surface area contributed by atoms with E-state index in [-0.39, 0.29) is 0 Å². The van der Waals surface area contributed by atoms with E-state index in [1.165, 1.54) is 35.6 Å². The van der Waals surface area contributed by atoms with E-state index in [9.17, 15) is 0 Å². The summed E-state index contributed by atoms with van der Waals surface area (Å²) in [7, 11) is 2.65. The molecule has 0 spiro atoms. The van der Waals surface area contributed by atoms with Crippen molar-refractivity contribution in [2.24, 2.45) is 0 Å². The molecular weight excluding hydrogens is 306 g/mol. The van der Waals surface area contributed by atoms with E-state index in [1.54, 1.807) is 21.3 Å². The highest BCUT2D eigenvalue weighted by molar-refractivity contribution is 6.60. The molecule has 0 aliphatic rings. The Kier molecular flexibility index (Phi) is 7.17. The van der Waals surface area contributed by atoms with Crippen LogP contribution in [0.4, 0.5) is 0 Å². The summed E-state index contributed by atoms with van der Waals surface area (Å²) in [5.41, 5.74) is 1.40. The highest BCUT2D eigenvalue weighted by Gasteiger charge is 2.36. The first-order chi connectivity index (χ1) is 11.2. The average Bonchev–Trinajstić information content (AvgIpc) is 2.61. The van der Waals surface area contributed by atoms with Gasteiger partial charge in [0, 0.05) is 45.2 Å². The monoisotopic (exact) mass is 333 g/mol. The van der Waals surface area contributed by atoms with Gasteiger partial charge in [-0.15, -0.1) is 0 Å². The van der Waals surface area contributed by atoms with Crippen molar-refractivity contribution in [3.05, 3.63) is 42.2 Å². The van der Waals surface area contributed by atoms with Gasteiger partial charge in [0.05, 0.1) is 0 Å². The Labute approximate surface area is 140 Å². The fourth-order valence-electron chi connectivity index (χ4n) is 2.87. The topological polar surface area (TPSA) is 40.6 Å². The van der Waals surface area contributed by atoms with E-state index < -0.39 is 8.80 Å². The molecule has 0 aliphatic heterocycles. The molecule has 4 nitrogen and oxygen atoms in total. The van der Waals surface area contributed by atoms with Crippen molar-refractivity contribution in [1.82, 2.24) is 4.98 Å². The van der Waals surface area contributed by atoms with Crippen LogP contribution in [0.5, 0.6) is 0 Å². The number of fused-ring (bicyclic) bond motifs is 1. The van der Waals surface area contributed by atoms with Crippen LogP contribution in [0.2, 0.25) is 6.04 Å². The second-order valence-electron chi connectivity index (χ2n) is 5.77. The lowest BCUT2D eigenvalue weighted by Gasteiger charge is -2.24. The van der Waals surface area contributed by atoms with Crippen molar-refractivity contribution >= 4 is 19.6 Å². The number of benzene rings is 1. The van der Waals surface area contributed by atoms with Crippen molar-refractivity contribution < 1.29 is 13.3 Å². The summed E-state index contributed by atoms with van der Waals surface area (Å²) < 4.78 is 16.3. The predicted molar refractivity (Wildman–Crippen MR) is 95.5 cm³/mol. The van der Waals surface area contributed by atoms with Gasteiger partial charge in [-0.25, -0.2) is 0 Å². The third-order valence-corrected chi connectivity index (χ3v) is 7.17. The Hall–Kier alpha value is -1.27. The van der Waals surface area contributed by atoms with E-state index in [0.29, 0.717) is 0 Å². The Morgan fingerprint density at radius 1 is 0.870 bits per heavy atom. The first-order valence-electron chi connectivity index (χ1n) is 8.21. The van der Waals surface area contributed by atoms with Gasteiger partial charge >= 0.3 is 8.80 Å². The van der Waals surface area contributed by atoms with Crippen molar-refractivity contribution in [3.63, 3.8) is 0 Å². The van der Waals surface area contributed by atoms with E-state index in [4.69, 9.17) is 13.3 Å². The number of aryl methyl sites for hydroxylation is 1. The lowest BCUT2D eigenvalue weighted by molar-refractivity contribution is 0.122. The van der Waals surface area contributed by atoms with Gasteiger partial charge in [0.2, 0.25) is 0 Å². The molecule has 1 aromatic heterocycles. The van der Waals surface area contributed by atoms with Gasteiger partial charge in [0.15, 0.2) is 0 Å². The molecule has 0 unspecified atom stereocenters. The second-order valence-corrected chi connectivity index (χ2v) is 8.86. The zero-order chi connectivity index (χ0) is 16.5. The summed E-state index contributed by atoms with van der Waals surface area (Å²) in [6, 6.07) is 9.61. The molecule has 2 aromatic rings. The van der Waals surface area contributed by atoms with Gasteiger partial charge in [-0.2, -0.15) is 0 Å². The van der Waals surface area contributed by atoms with Gasteiger partial charge < -0.3 is 13.3 Å². The molecular formula is C18H27NO3Si. The van der Waals surface area contributed by atoms with Crippen LogP contribution in [-0.4, -0.2) is 35.1 Å². The predicted octanol–water partition coefficient (Wildman–Crippen LogP) is 4.22. The summed E-state index contributed by atoms with van der Waals surface area (Å²) in [5.74, 6) is 0. The summed E-state index contributed by atoms with van der Waals surface area (Å²) >= 11 is 0. The molecule has 0 saturated carbocycles. The Morgan fingerprint density at radius 2 is 1.61 bits per heavy atom. The van der Waals surface area contributed by atoms with E-state index in [1.807, 2.05) is 12.4 Å². The van der Waals surface area contributed by atoms with Crippen LogP contribution in [0.25, 0.3) is 10.8 Å². The van der Waals surface area contributed by atoms with E-state index in [2.05, 4.69) is 29.2 Å². The molecule has 23 heavy (non-hydrogen) atoms. The standard InChI is InChI=1S/C18H27NO3Si/c1-20-23(21-2,22-3)13-7-5-4-6-8-16-9-10-18-15-19-12-11-17(18)14-16/h9-12,14-15H,4-8,13H2,1-3H3. The smallest absolute Gasteiger partial charge is 0.377 e. The Morgan fingerprint density at radius 3 is 2.35 bits per heavy atom. The number of nitrogens with zero attached hydrogens (tertiary/aromatic N) is 1. The van der Waals surface area contributed by atoms with Crippen LogP contribution in [0.15, 0.2) is 36.7 Å². The molecule has 1 heterocycles. The number of hydrogen-bond donors (Lipinski definition) is 0. The maximum atomic E-state index is 5.44. The van der Waals surface area contributed by atoms with Crippen molar-refractivity contribution in [2.75, 3.05) is 21.3 Å². The summed E-state index contributed by atoms with van der Waals surface area (Å²) in [6.45, 7) is 0. The number of hydrogen-bond acceptors (Lipinski definition) is 4. The molecule has 0 bridgehead atoms. The highest BCUT2D eigenvalue weighted by atomic mass is 28.4. The molecule has 0 radical (unpaired) electrons. The van der Waals surface area contributed by atoms with Crippen LogP contribution >= 0.6 is 0 Å². The maximum absolute atomic E-state index is 5.44. The molecule has 1 aromatic carbocycles.